The number of carbonyl (C=O) groups excluding carboxylic acids is 1. The number of hydrogen-bond donors (Lipinski definition) is 7. The molecule has 176 valence electrons. The van der Waals surface area contributed by atoms with Gasteiger partial charge in [-0.25, -0.2) is 0 Å². The standard InChI is InChI=1S/C18H32O12/c1-8(2)3-4-11(22)28-16-13(24)10(6-20)29-18(16,7-21)30-17-15(26)14(25)12(23)9(5-19)27-17/h8-10,12-17,19-21,23-26H,3-7H2,1-2H3/t9-,10-,12-,13-,14+,15-,16+,17-,18+/m1/s1. The second-order valence-electron chi connectivity index (χ2n) is 7.96. The van der Waals surface area contributed by atoms with Gasteiger partial charge < -0.3 is 54.7 Å². The van der Waals surface area contributed by atoms with Gasteiger partial charge >= 0.3 is 5.97 Å². The fraction of sp³-hybridized carbons (Fsp3) is 0.944. The van der Waals surface area contributed by atoms with E-state index in [0.29, 0.717) is 6.42 Å². The van der Waals surface area contributed by atoms with Gasteiger partial charge in [-0.1, -0.05) is 13.8 Å². The van der Waals surface area contributed by atoms with Gasteiger partial charge in [0.25, 0.3) is 0 Å². The largest absolute Gasteiger partial charge is 0.454 e. The lowest BCUT2D eigenvalue weighted by Crippen LogP contribution is -2.63. The van der Waals surface area contributed by atoms with Gasteiger partial charge in [-0.3, -0.25) is 4.79 Å². The van der Waals surface area contributed by atoms with E-state index in [9.17, 15) is 40.5 Å². The molecule has 0 aliphatic carbocycles. The third-order valence-electron chi connectivity index (χ3n) is 5.22. The SMILES string of the molecule is CC(C)CCC(=O)O[C@H]1[C@H](O)[C@@H](CO)O[C@@]1(CO)O[C@H]1O[C@H](CO)[C@@H](O)[C@H](O)[C@H]1O. The van der Waals surface area contributed by atoms with Crippen LogP contribution in [0, 0.1) is 5.92 Å². The molecule has 0 radical (unpaired) electrons. The Bertz CT molecular complexity index is 557. The minimum atomic E-state index is -2.24. The Kier molecular flexibility index (Phi) is 8.94. The van der Waals surface area contributed by atoms with Crippen molar-refractivity contribution in [3.63, 3.8) is 0 Å². The molecule has 2 heterocycles. The van der Waals surface area contributed by atoms with E-state index in [1.54, 1.807) is 0 Å². The molecule has 0 saturated carbocycles. The monoisotopic (exact) mass is 440 g/mol. The van der Waals surface area contributed by atoms with E-state index in [4.69, 9.17) is 18.9 Å². The van der Waals surface area contributed by atoms with Crippen molar-refractivity contribution in [1.82, 2.24) is 0 Å². The minimum Gasteiger partial charge on any atom is -0.454 e. The molecule has 2 aliphatic rings. The molecular formula is C18H32O12. The predicted octanol–water partition coefficient (Wildman–Crippen LogP) is -3.41. The normalized spacial score (nSPS) is 41.9. The number of carbonyl (C=O) groups is 1. The van der Waals surface area contributed by atoms with Crippen molar-refractivity contribution in [1.29, 1.82) is 0 Å². The van der Waals surface area contributed by atoms with Gasteiger partial charge in [0.05, 0.1) is 13.2 Å². The molecule has 2 rings (SSSR count). The Morgan fingerprint density at radius 3 is 2.13 bits per heavy atom. The lowest BCUT2D eigenvalue weighted by Gasteiger charge is -2.43. The highest BCUT2D eigenvalue weighted by Gasteiger charge is 2.60. The van der Waals surface area contributed by atoms with Gasteiger partial charge in [0.15, 0.2) is 12.4 Å². The van der Waals surface area contributed by atoms with Crippen LogP contribution in [0.2, 0.25) is 0 Å². The van der Waals surface area contributed by atoms with Crippen LogP contribution < -0.4 is 0 Å². The summed E-state index contributed by atoms with van der Waals surface area (Å²) in [7, 11) is 0. The summed E-state index contributed by atoms with van der Waals surface area (Å²) in [6, 6.07) is 0. The lowest BCUT2D eigenvalue weighted by atomic mass is 9.99. The molecule has 0 aromatic carbocycles. The van der Waals surface area contributed by atoms with E-state index < -0.39 is 80.6 Å². The van der Waals surface area contributed by atoms with Crippen LogP contribution >= 0.6 is 0 Å². The molecule has 0 aromatic heterocycles. The highest BCUT2D eigenvalue weighted by Crippen LogP contribution is 2.38. The first-order valence-electron chi connectivity index (χ1n) is 9.85. The first kappa shape index (κ1) is 25.3. The van der Waals surface area contributed by atoms with Crippen LogP contribution in [0.4, 0.5) is 0 Å². The summed E-state index contributed by atoms with van der Waals surface area (Å²) in [5.41, 5.74) is 0. The van der Waals surface area contributed by atoms with Crippen LogP contribution in [0.25, 0.3) is 0 Å². The zero-order valence-electron chi connectivity index (χ0n) is 16.9. The Hall–Kier alpha value is -0.930. The molecule has 0 spiro atoms. The zero-order chi connectivity index (χ0) is 22.6. The van der Waals surface area contributed by atoms with Crippen molar-refractivity contribution in [3.8, 4) is 0 Å². The molecule has 12 heteroatoms. The van der Waals surface area contributed by atoms with Crippen molar-refractivity contribution < 1.29 is 59.5 Å². The van der Waals surface area contributed by atoms with E-state index in [2.05, 4.69) is 0 Å². The van der Waals surface area contributed by atoms with Crippen LogP contribution in [0.1, 0.15) is 26.7 Å². The topological polar surface area (TPSA) is 196 Å². The number of aliphatic hydroxyl groups excluding tert-OH is 7. The van der Waals surface area contributed by atoms with Crippen molar-refractivity contribution in [2.75, 3.05) is 19.8 Å². The quantitative estimate of drug-likeness (QED) is 0.176. The average Bonchev–Trinajstić information content (AvgIpc) is 2.98. The van der Waals surface area contributed by atoms with Gasteiger partial charge in [0, 0.05) is 6.42 Å². The molecule has 0 aromatic rings. The van der Waals surface area contributed by atoms with E-state index >= 15 is 0 Å². The fourth-order valence-corrected chi connectivity index (χ4v) is 3.38. The van der Waals surface area contributed by atoms with E-state index in [-0.39, 0.29) is 12.3 Å². The first-order chi connectivity index (χ1) is 14.1. The van der Waals surface area contributed by atoms with Gasteiger partial charge in [-0.05, 0) is 12.3 Å². The van der Waals surface area contributed by atoms with Crippen molar-refractivity contribution in [3.05, 3.63) is 0 Å². The highest BCUT2D eigenvalue weighted by atomic mass is 16.8. The molecule has 2 aliphatic heterocycles. The van der Waals surface area contributed by atoms with E-state index in [1.807, 2.05) is 13.8 Å². The lowest BCUT2D eigenvalue weighted by molar-refractivity contribution is -0.383. The first-order valence-corrected chi connectivity index (χ1v) is 9.85. The molecule has 0 bridgehead atoms. The number of hydrogen-bond acceptors (Lipinski definition) is 12. The summed E-state index contributed by atoms with van der Waals surface area (Å²) >= 11 is 0. The summed E-state index contributed by atoms with van der Waals surface area (Å²) in [5, 5.41) is 69.2. The second-order valence-corrected chi connectivity index (χ2v) is 7.96. The molecule has 7 N–H and O–H groups in total. The van der Waals surface area contributed by atoms with Crippen molar-refractivity contribution in [2.45, 2.75) is 81.5 Å². The molecule has 30 heavy (non-hydrogen) atoms. The maximum Gasteiger partial charge on any atom is 0.306 e. The van der Waals surface area contributed by atoms with Crippen molar-refractivity contribution >= 4 is 5.97 Å². The van der Waals surface area contributed by atoms with E-state index in [0.717, 1.165) is 0 Å². The zero-order valence-corrected chi connectivity index (χ0v) is 16.9. The number of aliphatic hydroxyl groups is 7. The molecule has 2 fully saturated rings. The second kappa shape index (κ2) is 10.6. The Morgan fingerprint density at radius 1 is 0.967 bits per heavy atom. The summed E-state index contributed by atoms with van der Waals surface area (Å²) < 4.78 is 21.5. The third kappa shape index (κ3) is 5.27. The number of ether oxygens (including phenoxy) is 4. The third-order valence-corrected chi connectivity index (χ3v) is 5.22. The molecule has 2 saturated heterocycles. The van der Waals surface area contributed by atoms with Crippen LogP contribution in [-0.2, 0) is 23.7 Å². The molecular weight excluding hydrogens is 408 g/mol. The summed E-state index contributed by atoms with van der Waals surface area (Å²) in [6.07, 6.45) is -12.2. The summed E-state index contributed by atoms with van der Waals surface area (Å²) in [4.78, 5) is 12.2. The van der Waals surface area contributed by atoms with Crippen molar-refractivity contribution in [2.24, 2.45) is 5.92 Å². The molecule has 9 atom stereocenters. The van der Waals surface area contributed by atoms with Gasteiger partial charge in [0.1, 0.15) is 43.2 Å². The Morgan fingerprint density at radius 2 is 1.60 bits per heavy atom. The molecule has 0 unspecified atom stereocenters. The van der Waals surface area contributed by atoms with Crippen LogP contribution in [0.15, 0.2) is 0 Å². The van der Waals surface area contributed by atoms with Crippen LogP contribution in [-0.4, -0.2) is 116 Å². The maximum absolute atomic E-state index is 12.2. The molecule has 0 amide bonds. The molecule has 12 nitrogen and oxygen atoms in total. The van der Waals surface area contributed by atoms with E-state index in [1.165, 1.54) is 0 Å². The van der Waals surface area contributed by atoms with Crippen LogP contribution in [0.3, 0.4) is 0 Å². The van der Waals surface area contributed by atoms with Crippen LogP contribution in [0.5, 0.6) is 0 Å². The van der Waals surface area contributed by atoms with Gasteiger partial charge in [0.2, 0.25) is 5.79 Å². The number of rotatable bonds is 9. The van der Waals surface area contributed by atoms with Gasteiger partial charge in [-0.2, -0.15) is 0 Å². The van der Waals surface area contributed by atoms with Gasteiger partial charge in [-0.15, -0.1) is 0 Å². The summed E-state index contributed by atoms with van der Waals surface area (Å²) in [6.45, 7) is 1.43. The Balaban J connectivity index is 2.23. The predicted molar refractivity (Wildman–Crippen MR) is 96.6 cm³/mol. The summed E-state index contributed by atoms with van der Waals surface area (Å²) in [5.74, 6) is -2.74. The minimum absolute atomic E-state index is 0.0201. The number of esters is 1. The highest BCUT2D eigenvalue weighted by molar-refractivity contribution is 5.69. The maximum atomic E-state index is 12.2. The fourth-order valence-electron chi connectivity index (χ4n) is 3.38. The smallest absolute Gasteiger partial charge is 0.306 e. The average molecular weight is 440 g/mol. The Labute approximate surface area is 173 Å².